The van der Waals surface area contributed by atoms with E-state index in [1.54, 1.807) is 48.5 Å². The van der Waals surface area contributed by atoms with Crippen molar-refractivity contribution < 1.29 is 19.0 Å². The molecule has 0 aliphatic rings. The number of rotatable bonds is 5. The lowest BCUT2D eigenvalue weighted by atomic mass is 9.99. The van der Waals surface area contributed by atoms with Crippen molar-refractivity contribution in [3.8, 4) is 17.0 Å². The predicted molar refractivity (Wildman–Crippen MR) is 122 cm³/mol. The van der Waals surface area contributed by atoms with Crippen LogP contribution in [0.25, 0.3) is 32.9 Å². The minimum absolute atomic E-state index is 0.105. The van der Waals surface area contributed by atoms with E-state index in [1.807, 2.05) is 36.4 Å². The second kappa shape index (κ2) is 8.12. The topological polar surface area (TPSA) is 59.4 Å². The average Bonchev–Trinajstić information content (AvgIpc) is 2.83. The second-order valence-corrected chi connectivity index (χ2v) is 7.45. The zero-order valence-electron chi connectivity index (χ0n) is 17.0. The number of benzene rings is 4. The Hall–Kier alpha value is -4.25. The number of fused-ring (bicyclic) bond motifs is 3. The predicted octanol–water partition coefficient (Wildman–Crippen LogP) is 6.47. The first-order chi connectivity index (χ1) is 15.6. The van der Waals surface area contributed by atoms with E-state index in [2.05, 4.69) is 4.98 Å². The molecule has 0 spiro atoms. The van der Waals surface area contributed by atoms with Gasteiger partial charge in [0, 0.05) is 16.5 Å². The van der Waals surface area contributed by atoms with Gasteiger partial charge in [-0.25, -0.2) is 14.2 Å². The van der Waals surface area contributed by atoms with E-state index < -0.39 is 5.97 Å². The first kappa shape index (κ1) is 19.7. The number of pyridine rings is 1. The van der Waals surface area contributed by atoms with Crippen LogP contribution in [0.2, 0.25) is 0 Å². The maximum Gasteiger partial charge on any atom is 0.337 e. The van der Waals surface area contributed by atoms with Crippen LogP contribution in [0.1, 0.15) is 15.9 Å². The Morgan fingerprint density at radius 3 is 2.41 bits per heavy atom. The highest BCUT2D eigenvalue weighted by molar-refractivity contribution is 6.09. The van der Waals surface area contributed by atoms with Crippen molar-refractivity contribution >= 4 is 27.6 Å². The molecule has 4 nitrogen and oxygen atoms in total. The van der Waals surface area contributed by atoms with E-state index in [-0.39, 0.29) is 18.0 Å². The second-order valence-electron chi connectivity index (χ2n) is 7.45. The molecule has 1 N–H and O–H groups in total. The van der Waals surface area contributed by atoms with Crippen LogP contribution in [0.15, 0.2) is 91.0 Å². The third-order valence-electron chi connectivity index (χ3n) is 5.43. The van der Waals surface area contributed by atoms with E-state index in [1.165, 1.54) is 6.07 Å². The first-order valence-electron chi connectivity index (χ1n) is 10.1. The molecule has 0 aliphatic heterocycles. The molecule has 0 atom stereocenters. The Morgan fingerprint density at radius 1 is 0.875 bits per heavy atom. The fourth-order valence-corrected chi connectivity index (χ4v) is 3.80. The molecular formula is C27H18FNO3. The van der Waals surface area contributed by atoms with Gasteiger partial charge >= 0.3 is 5.97 Å². The summed E-state index contributed by atoms with van der Waals surface area (Å²) in [6.45, 7) is 0.105. The summed E-state index contributed by atoms with van der Waals surface area (Å²) in [5.41, 5.74) is 2.38. The molecule has 0 unspecified atom stereocenters. The minimum atomic E-state index is -1.04. The zero-order chi connectivity index (χ0) is 22.1. The normalized spacial score (nSPS) is 11.0. The molecule has 5 heteroatoms. The maximum atomic E-state index is 13.8. The Morgan fingerprint density at radius 2 is 1.62 bits per heavy atom. The standard InChI is InChI=1S/C27H18FNO3/c28-24-8-4-2-6-19(24)16-32-20-12-9-18(10-13-20)26-23(27(30)31)15-22-21-7-3-1-5-17(21)11-14-25(22)29-26/h1-15H,16H2,(H,30,31). The number of nitrogens with zero attached hydrogens (tertiary/aromatic N) is 1. The monoisotopic (exact) mass is 423 g/mol. The zero-order valence-corrected chi connectivity index (χ0v) is 17.0. The first-order valence-corrected chi connectivity index (χ1v) is 10.1. The summed E-state index contributed by atoms with van der Waals surface area (Å²) in [7, 11) is 0. The lowest BCUT2D eigenvalue weighted by Crippen LogP contribution is -2.03. The van der Waals surface area contributed by atoms with Crippen molar-refractivity contribution in [2.24, 2.45) is 0 Å². The van der Waals surface area contributed by atoms with E-state index >= 15 is 0 Å². The van der Waals surface area contributed by atoms with Crippen LogP contribution in [0.3, 0.4) is 0 Å². The SMILES string of the molecule is O=C(O)c1cc2c(ccc3ccccc32)nc1-c1ccc(OCc2ccccc2F)cc1. The largest absolute Gasteiger partial charge is 0.489 e. The summed E-state index contributed by atoms with van der Waals surface area (Å²) in [5.74, 6) is -0.800. The smallest absolute Gasteiger partial charge is 0.337 e. The molecular weight excluding hydrogens is 405 g/mol. The van der Waals surface area contributed by atoms with Gasteiger partial charge in [-0.15, -0.1) is 0 Å². The quantitative estimate of drug-likeness (QED) is 0.329. The molecule has 5 rings (SSSR count). The van der Waals surface area contributed by atoms with Gasteiger partial charge < -0.3 is 9.84 Å². The van der Waals surface area contributed by atoms with Crippen LogP contribution >= 0.6 is 0 Å². The molecule has 0 amide bonds. The number of hydrogen-bond acceptors (Lipinski definition) is 3. The van der Waals surface area contributed by atoms with Gasteiger partial charge in [-0.1, -0.05) is 48.5 Å². The van der Waals surface area contributed by atoms with Gasteiger partial charge in [0.2, 0.25) is 0 Å². The van der Waals surface area contributed by atoms with Gasteiger partial charge in [0.15, 0.2) is 0 Å². The van der Waals surface area contributed by atoms with Gasteiger partial charge in [-0.2, -0.15) is 0 Å². The van der Waals surface area contributed by atoms with Crippen LogP contribution in [0.4, 0.5) is 4.39 Å². The molecule has 1 aromatic heterocycles. The third kappa shape index (κ3) is 3.65. The number of hydrogen-bond donors (Lipinski definition) is 1. The van der Waals surface area contributed by atoms with Crippen LogP contribution in [-0.2, 0) is 6.61 Å². The molecule has 5 aromatic rings. The number of carboxylic acid groups (broad SMARTS) is 1. The number of carbonyl (C=O) groups is 1. The minimum Gasteiger partial charge on any atom is -0.489 e. The fourth-order valence-electron chi connectivity index (χ4n) is 3.80. The lowest BCUT2D eigenvalue weighted by molar-refractivity contribution is 0.0697. The molecule has 4 aromatic carbocycles. The van der Waals surface area contributed by atoms with E-state index in [0.717, 1.165) is 21.7 Å². The summed E-state index contributed by atoms with van der Waals surface area (Å²) in [5, 5.41) is 12.6. The number of aromatic carboxylic acids is 1. The van der Waals surface area contributed by atoms with Crippen LogP contribution < -0.4 is 4.74 Å². The lowest BCUT2D eigenvalue weighted by Gasteiger charge is -2.11. The number of aromatic nitrogens is 1. The number of halogens is 1. The summed E-state index contributed by atoms with van der Waals surface area (Å²) < 4.78 is 19.5. The Labute approximate surface area is 183 Å². The molecule has 156 valence electrons. The molecule has 0 radical (unpaired) electrons. The van der Waals surface area contributed by atoms with Crippen molar-refractivity contribution in [3.63, 3.8) is 0 Å². The Kier molecular flexibility index (Phi) is 5.00. The van der Waals surface area contributed by atoms with Gasteiger partial charge in [0.05, 0.1) is 16.8 Å². The van der Waals surface area contributed by atoms with Crippen molar-refractivity contribution in [1.82, 2.24) is 4.98 Å². The molecule has 0 saturated carbocycles. The molecule has 0 bridgehead atoms. The van der Waals surface area contributed by atoms with E-state index in [4.69, 9.17) is 4.74 Å². The highest BCUT2D eigenvalue weighted by atomic mass is 19.1. The van der Waals surface area contributed by atoms with Gasteiger partial charge in [0.25, 0.3) is 0 Å². The number of carboxylic acids is 1. The fraction of sp³-hybridized carbons (Fsp3) is 0.0370. The van der Waals surface area contributed by atoms with Gasteiger partial charge in [-0.3, -0.25) is 0 Å². The van der Waals surface area contributed by atoms with Crippen LogP contribution in [0.5, 0.6) is 5.75 Å². The van der Waals surface area contributed by atoms with Crippen LogP contribution in [-0.4, -0.2) is 16.1 Å². The van der Waals surface area contributed by atoms with Gasteiger partial charge in [-0.05, 0) is 53.2 Å². The van der Waals surface area contributed by atoms with Crippen LogP contribution in [0, 0.1) is 5.82 Å². The highest BCUT2D eigenvalue weighted by Gasteiger charge is 2.16. The van der Waals surface area contributed by atoms with Crippen molar-refractivity contribution in [3.05, 3.63) is 108 Å². The molecule has 0 saturated heterocycles. The summed E-state index contributed by atoms with van der Waals surface area (Å²) in [6, 6.07) is 26.8. The van der Waals surface area contributed by atoms with Gasteiger partial charge in [0.1, 0.15) is 18.2 Å². The van der Waals surface area contributed by atoms with E-state index in [0.29, 0.717) is 22.6 Å². The summed E-state index contributed by atoms with van der Waals surface area (Å²) >= 11 is 0. The summed E-state index contributed by atoms with van der Waals surface area (Å²) in [4.78, 5) is 16.7. The van der Waals surface area contributed by atoms with Crippen molar-refractivity contribution in [2.45, 2.75) is 6.61 Å². The third-order valence-corrected chi connectivity index (χ3v) is 5.43. The highest BCUT2D eigenvalue weighted by Crippen LogP contribution is 2.31. The van der Waals surface area contributed by atoms with Crippen molar-refractivity contribution in [2.75, 3.05) is 0 Å². The number of ether oxygens (including phenoxy) is 1. The maximum absolute atomic E-state index is 13.8. The molecule has 32 heavy (non-hydrogen) atoms. The molecule has 0 aliphatic carbocycles. The molecule has 1 heterocycles. The average molecular weight is 423 g/mol. The van der Waals surface area contributed by atoms with E-state index in [9.17, 15) is 14.3 Å². The summed E-state index contributed by atoms with van der Waals surface area (Å²) in [6.07, 6.45) is 0. The Bertz CT molecular complexity index is 1460. The van der Waals surface area contributed by atoms with Crippen molar-refractivity contribution in [1.29, 1.82) is 0 Å². The molecule has 0 fully saturated rings. The Balaban J connectivity index is 1.51.